The molecule has 8 heteroatoms. The van der Waals surface area contributed by atoms with Crippen molar-refractivity contribution in [2.45, 2.75) is 26.2 Å². The van der Waals surface area contributed by atoms with Gasteiger partial charge in [0.2, 0.25) is 0 Å². The summed E-state index contributed by atoms with van der Waals surface area (Å²) in [6, 6.07) is 66.0. The molecule has 8 aromatic carbocycles. The first-order chi connectivity index (χ1) is 34.4. The molecule has 6 nitrogen and oxygen atoms in total. The van der Waals surface area contributed by atoms with Gasteiger partial charge < -0.3 is 0 Å². The topological polar surface area (TPSA) is 38.5 Å². The minimum absolute atomic E-state index is 0.119. The van der Waals surface area contributed by atoms with Crippen molar-refractivity contribution in [2.24, 2.45) is 0 Å². The van der Waals surface area contributed by atoms with Gasteiger partial charge in [-0.3, -0.25) is 0 Å². The van der Waals surface area contributed by atoms with Crippen LogP contribution < -0.4 is 19.8 Å². The Kier molecular flexibility index (Phi) is 9.31. The van der Waals surface area contributed by atoms with Crippen LogP contribution in [0, 0.1) is 15.9 Å². The zero-order valence-electron chi connectivity index (χ0n) is 41.4. The summed E-state index contributed by atoms with van der Waals surface area (Å²) in [4.78, 5) is 9.89. The molecule has 0 saturated heterocycles. The van der Waals surface area contributed by atoms with Gasteiger partial charge in [-0.2, -0.15) is 12.1 Å². The molecule has 1 aliphatic rings. The zero-order chi connectivity index (χ0) is 49.1. The maximum absolute atomic E-state index is 9.10. The van der Waals surface area contributed by atoms with Gasteiger partial charge >= 0.3 is 322 Å². The first-order valence-corrected chi connectivity index (χ1v) is 22.9. The molecule has 0 aliphatic carbocycles. The number of pyridine rings is 1. The zero-order valence-corrected chi connectivity index (χ0v) is 38.6. The molecule has 0 fully saturated rings. The van der Waals surface area contributed by atoms with Crippen molar-refractivity contribution in [3.05, 3.63) is 234 Å². The van der Waals surface area contributed by atoms with Gasteiger partial charge in [-0.1, -0.05) is 48.5 Å². The Labute approximate surface area is 404 Å². The summed E-state index contributed by atoms with van der Waals surface area (Å²) in [5.41, 5.74) is 10.2. The van der Waals surface area contributed by atoms with Gasteiger partial charge in [0.25, 0.3) is 0 Å². The van der Waals surface area contributed by atoms with Gasteiger partial charge in [-0.15, -0.1) is 6.07 Å². The molecule has 0 amide bonds. The number of hydrogen-bond acceptors (Lipinski definition) is 4. The van der Waals surface area contributed by atoms with Gasteiger partial charge in [0.1, 0.15) is 0 Å². The molecule has 0 radical (unpaired) electrons. The summed E-state index contributed by atoms with van der Waals surface area (Å²) in [7, 11) is 0. The number of benzene rings is 8. The number of para-hydroxylation sites is 5. The summed E-state index contributed by atoms with van der Waals surface area (Å²) >= 11 is 2.31. The number of anilines is 4. The van der Waals surface area contributed by atoms with E-state index in [0.29, 0.717) is 34.4 Å². The number of ether oxygens (including phenoxy) is 1. The van der Waals surface area contributed by atoms with Crippen LogP contribution in [0.1, 0.15) is 33.2 Å². The fraction of sp³-hybridized carbons (Fsp3) is 0.0690. The van der Waals surface area contributed by atoms with Crippen LogP contribution in [0.2, 0.25) is 0 Å². The number of aromatic nitrogens is 3. The van der Waals surface area contributed by atoms with Crippen LogP contribution >= 0.6 is 0 Å². The molecule has 66 heavy (non-hydrogen) atoms. The third-order valence-electron chi connectivity index (χ3n) is 11.9. The van der Waals surface area contributed by atoms with Crippen LogP contribution in [0.15, 0.2) is 212 Å². The molecular formula is C58H44BN5OPt-2. The van der Waals surface area contributed by atoms with Crippen LogP contribution in [0.5, 0.6) is 11.6 Å². The Hall–Kier alpha value is -7.47. The SMILES string of the molecule is [2H]c1c([2H])c([2H])c(-c2cccc(-c3ccccc3)c2-n2[c](=[Pt])n(-c3[c-]c(Oc4cc(C(C)(C)C)cc(N5B(c6ccccc6)N(c6ccccc6)c6ccc[c-]c65)n4)ccc3)c3ccccc32)c([2H])c1[2H]. The van der Waals surface area contributed by atoms with Gasteiger partial charge in [-0.05, 0) is 12.1 Å². The summed E-state index contributed by atoms with van der Waals surface area (Å²) in [5, 5.41) is 0. The molecule has 0 unspecified atom stereocenters. The first kappa shape index (κ1) is 35.8. The van der Waals surface area contributed by atoms with Crippen molar-refractivity contribution in [1.29, 1.82) is 0 Å². The van der Waals surface area contributed by atoms with Crippen LogP contribution in [0.25, 0.3) is 44.7 Å². The number of hydrogen-bond donors (Lipinski definition) is 0. The summed E-state index contributed by atoms with van der Waals surface area (Å²) < 4.78 is 55.6. The average Bonchev–Trinajstić information content (AvgIpc) is 3.90. The molecule has 3 heterocycles. The second kappa shape index (κ2) is 17.2. The normalized spacial score (nSPS) is 13.5. The van der Waals surface area contributed by atoms with E-state index in [1.165, 1.54) is 0 Å². The Bertz CT molecular complexity index is 3700. The average molecular weight is 1040 g/mol. The van der Waals surface area contributed by atoms with Gasteiger partial charge in [0.15, 0.2) is 0 Å². The fourth-order valence-electron chi connectivity index (χ4n) is 8.82. The molecule has 0 saturated carbocycles. The monoisotopic (exact) mass is 1040 g/mol. The molecule has 322 valence electrons. The molecule has 0 bridgehead atoms. The van der Waals surface area contributed by atoms with Crippen molar-refractivity contribution in [1.82, 2.24) is 14.1 Å². The third-order valence-corrected chi connectivity index (χ3v) is 12.9. The molecule has 11 rings (SSSR count). The van der Waals surface area contributed by atoms with Crippen LogP contribution in [-0.4, -0.2) is 21.1 Å². The summed E-state index contributed by atoms with van der Waals surface area (Å²) in [5.74, 6) is 1.57. The second-order valence-electron chi connectivity index (χ2n) is 17.0. The molecule has 0 atom stereocenters. The molecule has 0 N–H and O–H groups in total. The fourth-order valence-corrected chi connectivity index (χ4v) is 9.90. The van der Waals surface area contributed by atoms with E-state index in [4.69, 9.17) is 16.6 Å². The van der Waals surface area contributed by atoms with Crippen molar-refractivity contribution in [2.75, 3.05) is 9.62 Å². The molecule has 10 aromatic rings. The van der Waals surface area contributed by atoms with E-state index in [-0.39, 0.29) is 30.0 Å². The van der Waals surface area contributed by atoms with E-state index >= 15 is 0 Å². The van der Waals surface area contributed by atoms with Gasteiger partial charge in [-0.25, -0.2) is 0 Å². The quantitative estimate of drug-likeness (QED) is 0.107. The van der Waals surface area contributed by atoms with E-state index in [1.807, 2.05) is 121 Å². The summed E-state index contributed by atoms with van der Waals surface area (Å²) in [6.07, 6.45) is 0. The van der Waals surface area contributed by atoms with Crippen molar-refractivity contribution in [3.8, 4) is 45.3 Å². The summed E-state index contributed by atoms with van der Waals surface area (Å²) in [6.45, 7) is 6.27. The van der Waals surface area contributed by atoms with E-state index in [1.54, 1.807) is 0 Å². The van der Waals surface area contributed by atoms with Crippen LogP contribution in [-0.2, 0) is 24.8 Å². The third kappa shape index (κ3) is 7.49. The Morgan fingerprint density at radius 1 is 0.636 bits per heavy atom. The maximum atomic E-state index is 9.10. The number of imidazole rings is 1. The van der Waals surface area contributed by atoms with Crippen molar-refractivity contribution >= 4 is 46.4 Å². The van der Waals surface area contributed by atoms with Crippen LogP contribution in [0.4, 0.5) is 22.9 Å². The second-order valence-corrected chi connectivity index (χ2v) is 18.1. The predicted molar refractivity (Wildman–Crippen MR) is 266 cm³/mol. The molecule has 1 aliphatic heterocycles. The number of nitrogens with zero attached hydrogens (tertiary/aromatic N) is 5. The van der Waals surface area contributed by atoms with Crippen LogP contribution in [0.3, 0.4) is 0 Å². The van der Waals surface area contributed by atoms with E-state index in [0.717, 1.165) is 54.1 Å². The minimum atomic E-state index is -0.441. The number of rotatable bonds is 9. The predicted octanol–water partition coefficient (Wildman–Crippen LogP) is 13.6. The van der Waals surface area contributed by atoms with E-state index in [2.05, 4.69) is 132 Å². The van der Waals surface area contributed by atoms with Gasteiger partial charge in [0, 0.05) is 5.69 Å². The van der Waals surface area contributed by atoms with E-state index in [9.17, 15) is 0 Å². The van der Waals surface area contributed by atoms with Gasteiger partial charge in [0.05, 0.1) is 0 Å². The Morgan fingerprint density at radius 3 is 2.02 bits per heavy atom. The molecule has 2 aromatic heterocycles. The Balaban J connectivity index is 1.06. The van der Waals surface area contributed by atoms with Crippen molar-refractivity contribution < 1.29 is 30.9 Å². The van der Waals surface area contributed by atoms with E-state index < -0.39 is 18.1 Å². The van der Waals surface area contributed by atoms with Crippen molar-refractivity contribution in [3.63, 3.8) is 0 Å². The first-order valence-electron chi connectivity index (χ1n) is 24.3. The molecular weight excluding hydrogens is 989 g/mol. The number of fused-ring (bicyclic) bond motifs is 2. The standard InChI is InChI=1S/C58H44BN5O.Pt/c1-58(2,3)44-38-55(64-54-37-19-18-36-53(54)63(46-28-14-7-15-29-46)59(64)45-26-12-6-13-27-45)60-56(39-44)65-48-31-20-30-47(40-48)61-41-62(52-35-17-16-34-51(52)61)57-49(42-22-8-4-9-23-42)32-21-33-50(57)43-24-10-5-11-25-43;/h4-36,38-39H,1-3H3;/q-2;/i4D,8D,9D,22D,23D;. The molecule has 0 spiro atoms. The Morgan fingerprint density at radius 2 is 1.29 bits per heavy atom.